The second-order valence-corrected chi connectivity index (χ2v) is 4.75. The third kappa shape index (κ3) is 3.68. The van der Waals surface area contributed by atoms with Crippen LogP contribution in [-0.2, 0) is 14.3 Å². The van der Waals surface area contributed by atoms with Gasteiger partial charge in [-0.3, -0.25) is 9.59 Å². The molecular weight excluding hydrogens is 208 g/mol. The van der Waals surface area contributed by atoms with Crippen LogP contribution in [-0.4, -0.2) is 36.5 Å². The molecule has 0 bridgehead atoms. The summed E-state index contributed by atoms with van der Waals surface area (Å²) in [4.78, 5) is 22.9. The van der Waals surface area contributed by atoms with E-state index in [1.54, 1.807) is 6.92 Å². The molecule has 1 aliphatic heterocycles. The summed E-state index contributed by atoms with van der Waals surface area (Å²) >= 11 is 0. The second-order valence-electron chi connectivity index (χ2n) is 4.75. The van der Waals surface area contributed by atoms with Gasteiger partial charge < -0.3 is 9.84 Å². The Balaban J connectivity index is 2.41. The molecule has 3 atom stereocenters. The van der Waals surface area contributed by atoms with Crippen molar-refractivity contribution in [2.24, 2.45) is 17.8 Å². The largest absolute Gasteiger partial charge is 0.396 e. The number of hydrogen-bond acceptors (Lipinski definition) is 4. The molecule has 1 heterocycles. The Hall–Kier alpha value is -0.740. The molecule has 16 heavy (non-hydrogen) atoms. The molecule has 0 aliphatic carbocycles. The van der Waals surface area contributed by atoms with Crippen LogP contribution in [0.1, 0.15) is 26.7 Å². The lowest BCUT2D eigenvalue weighted by molar-refractivity contribution is -0.133. The molecule has 1 N–H and O–H groups in total. The van der Waals surface area contributed by atoms with Crippen LogP contribution in [0.3, 0.4) is 0 Å². The maximum atomic E-state index is 11.7. The van der Waals surface area contributed by atoms with Crippen molar-refractivity contribution in [2.45, 2.75) is 26.7 Å². The van der Waals surface area contributed by atoms with Crippen LogP contribution >= 0.6 is 0 Å². The Labute approximate surface area is 96.0 Å². The van der Waals surface area contributed by atoms with Crippen molar-refractivity contribution in [3.8, 4) is 0 Å². The topological polar surface area (TPSA) is 63.6 Å². The predicted molar refractivity (Wildman–Crippen MR) is 59.0 cm³/mol. The van der Waals surface area contributed by atoms with Gasteiger partial charge in [-0.05, 0) is 12.3 Å². The third-order valence-corrected chi connectivity index (χ3v) is 3.07. The maximum Gasteiger partial charge on any atom is 0.158 e. The van der Waals surface area contributed by atoms with Crippen LogP contribution in [0.15, 0.2) is 0 Å². The molecule has 0 spiro atoms. The SMILES string of the molecule is CC(CO)C(=O)C(C)CC1COCC(=O)C1. The molecule has 0 saturated carbocycles. The summed E-state index contributed by atoms with van der Waals surface area (Å²) in [7, 11) is 0. The summed E-state index contributed by atoms with van der Waals surface area (Å²) in [6.07, 6.45) is 1.19. The summed E-state index contributed by atoms with van der Waals surface area (Å²) in [5, 5.41) is 8.90. The summed E-state index contributed by atoms with van der Waals surface area (Å²) < 4.78 is 5.15. The first-order valence-corrected chi connectivity index (χ1v) is 5.78. The normalized spacial score (nSPS) is 25.2. The van der Waals surface area contributed by atoms with Crippen molar-refractivity contribution in [2.75, 3.05) is 19.8 Å². The number of rotatable bonds is 5. The Morgan fingerprint density at radius 2 is 2.19 bits per heavy atom. The molecule has 3 unspecified atom stereocenters. The van der Waals surface area contributed by atoms with Crippen LogP contribution in [0, 0.1) is 17.8 Å². The number of carbonyl (C=O) groups excluding carboxylic acids is 2. The van der Waals surface area contributed by atoms with Gasteiger partial charge in [-0.2, -0.15) is 0 Å². The van der Waals surface area contributed by atoms with Crippen molar-refractivity contribution in [3.05, 3.63) is 0 Å². The molecule has 0 aromatic carbocycles. The average molecular weight is 228 g/mol. The maximum absolute atomic E-state index is 11.7. The van der Waals surface area contributed by atoms with Crippen molar-refractivity contribution in [1.29, 1.82) is 0 Å². The highest BCUT2D eigenvalue weighted by molar-refractivity contribution is 5.83. The van der Waals surface area contributed by atoms with E-state index in [4.69, 9.17) is 9.84 Å². The number of Topliss-reactive ketones (excluding diaryl/α,β-unsaturated/α-hetero) is 2. The van der Waals surface area contributed by atoms with Gasteiger partial charge in [-0.15, -0.1) is 0 Å². The van der Waals surface area contributed by atoms with Gasteiger partial charge in [-0.1, -0.05) is 13.8 Å². The minimum absolute atomic E-state index is 0.0699. The van der Waals surface area contributed by atoms with Crippen LogP contribution in [0.2, 0.25) is 0 Å². The summed E-state index contributed by atoms with van der Waals surface area (Å²) in [5.74, 6) is -0.0745. The molecule has 0 amide bonds. The smallest absolute Gasteiger partial charge is 0.158 e. The van der Waals surface area contributed by atoms with E-state index in [1.165, 1.54) is 0 Å². The average Bonchev–Trinajstić information content (AvgIpc) is 2.27. The first-order chi connectivity index (χ1) is 7.54. The zero-order valence-electron chi connectivity index (χ0n) is 9.94. The number of ketones is 2. The van der Waals surface area contributed by atoms with E-state index in [2.05, 4.69) is 0 Å². The lowest BCUT2D eigenvalue weighted by Gasteiger charge is -2.24. The van der Waals surface area contributed by atoms with Crippen LogP contribution in [0.4, 0.5) is 0 Å². The number of hydrogen-bond donors (Lipinski definition) is 1. The van der Waals surface area contributed by atoms with Crippen LogP contribution < -0.4 is 0 Å². The molecule has 4 heteroatoms. The second kappa shape index (κ2) is 6.11. The van der Waals surface area contributed by atoms with Gasteiger partial charge in [0.15, 0.2) is 5.78 Å². The fourth-order valence-electron chi connectivity index (χ4n) is 2.12. The van der Waals surface area contributed by atoms with Crippen LogP contribution in [0.5, 0.6) is 0 Å². The van der Waals surface area contributed by atoms with Crippen molar-refractivity contribution >= 4 is 11.6 Å². The third-order valence-electron chi connectivity index (χ3n) is 3.07. The highest BCUT2D eigenvalue weighted by Crippen LogP contribution is 2.22. The fourth-order valence-corrected chi connectivity index (χ4v) is 2.12. The fraction of sp³-hybridized carbons (Fsp3) is 0.833. The monoisotopic (exact) mass is 228 g/mol. The molecule has 92 valence electrons. The summed E-state index contributed by atoms with van der Waals surface area (Å²) in [5.41, 5.74) is 0. The summed E-state index contributed by atoms with van der Waals surface area (Å²) in [6, 6.07) is 0. The van der Waals surface area contributed by atoms with E-state index in [0.29, 0.717) is 19.4 Å². The van der Waals surface area contributed by atoms with E-state index in [9.17, 15) is 9.59 Å². The van der Waals surface area contributed by atoms with E-state index in [1.807, 2.05) is 6.92 Å². The van der Waals surface area contributed by atoms with Gasteiger partial charge in [0.1, 0.15) is 12.4 Å². The molecule has 0 aromatic heterocycles. The Morgan fingerprint density at radius 1 is 1.50 bits per heavy atom. The van der Waals surface area contributed by atoms with Gasteiger partial charge in [-0.25, -0.2) is 0 Å². The lowest BCUT2D eigenvalue weighted by Crippen LogP contribution is -2.30. The number of aliphatic hydroxyl groups excluding tert-OH is 1. The molecule has 4 nitrogen and oxygen atoms in total. The molecule has 1 saturated heterocycles. The van der Waals surface area contributed by atoms with Gasteiger partial charge >= 0.3 is 0 Å². The molecule has 1 fully saturated rings. The van der Waals surface area contributed by atoms with Gasteiger partial charge in [0.2, 0.25) is 0 Å². The zero-order valence-corrected chi connectivity index (χ0v) is 9.94. The van der Waals surface area contributed by atoms with Gasteiger partial charge in [0.05, 0.1) is 13.2 Å². The highest BCUT2D eigenvalue weighted by atomic mass is 16.5. The lowest BCUT2D eigenvalue weighted by atomic mass is 9.85. The van der Waals surface area contributed by atoms with Crippen molar-refractivity contribution in [1.82, 2.24) is 0 Å². The zero-order chi connectivity index (χ0) is 12.1. The minimum atomic E-state index is -0.310. The number of aliphatic hydroxyl groups is 1. The van der Waals surface area contributed by atoms with E-state index >= 15 is 0 Å². The van der Waals surface area contributed by atoms with Gasteiger partial charge in [0.25, 0.3) is 0 Å². The number of carbonyl (C=O) groups is 2. The van der Waals surface area contributed by atoms with Crippen molar-refractivity contribution < 1.29 is 19.4 Å². The predicted octanol–water partition coefficient (Wildman–Crippen LogP) is 0.816. The van der Waals surface area contributed by atoms with Gasteiger partial charge in [0, 0.05) is 18.3 Å². The molecule has 0 radical (unpaired) electrons. The Morgan fingerprint density at radius 3 is 2.75 bits per heavy atom. The van der Waals surface area contributed by atoms with E-state index < -0.39 is 0 Å². The van der Waals surface area contributed by atoms with Crippen LogP contribution in [0.25, 0.3) is 0 Å². The Kier molecular flexibility index (Phi) is 5.09. The molecule has 1 rings (SSSR count). The first-order valence-electron chi connectivity index (χ1n) is 5.78. The molecule has 0 aromatic rings. The summed E-state index contributed by atoms with van der Waals surface area (Å²) in [6.45, 7) is 4.25. The number of ether oxygens (including phenoxy) is 1. The molecule has 1 aliphatic rings. The standard InChI is InChI=1S/C12H20O4/c1-8(12(15)9(2)5-13)3-10-4-11(14)7-16-6-10/h8-10,13H,3-7H2,1-2H3. The highest BCUT2D eigenvalue weighted by Gasteiger charge is 2.26. The van der Waals surface area contributed by atoms with E-state index in [0.717, 1.165) is 0 Å². The Bertz CT molecular complexity index is 262. The van der Waals surface area contributed by atoms with Crippen molar-refractivity contribution in [3.63, 3.8) is 0 Å². The quantitative estimate of drug-likeness (QED) is 0.756. The minimum Gasteiger partial charge on any atom is -0.396 e. The molecular formula is C12H20O4. The van der Waals surface area contributed by atoms with E-state index in [-0.39, 0.29) is 42.5 Å². The first kappa shape index (κ1) is 13.3.